The number of nitrogens with one attached hydrogen (secondary N) is 2. The average molecular weight is 284 g/mol. The van der Waals surface area contributed by atoms with Gasteiger partial charge in [0.2, 0.25) is 0 Å². The second-order valence-corrected chi connectivity index (χ2v) is 5.23. The number of thiophene rings is 1. The number of hydrogen-bond donors (Lipinski definition) is 3. The summed E-state index contributed by atoms with van der Waals surface area (Å²) in [6.45, 7) is 2.78. The molecular weight excluding hydrogens is 264 g/mol. The Morgan fingerprint density at radius 3 is 2.74 bits per heavy atom. The largest absolute Gasteiger partial charge is 0.481 e. The van der Waals surface area contributed by atoms with Crippen molar-refractivity contribution >= 4 is 23.3 Å². The van der Waals surface area contributed by atoms with E-state index in [9.17, 15) is 9.59 Å². The van der Waals surface area contributed by atoms with Gasteiger partial charge in [0, 0.05) is 13.1 Å². The molecule has 6 heteroatoms. The van der Waals surface area contributed by atoms with Gasteiger partial charge in [-0.25, -0.2) is 4.79 Å². The van der Waals surface area contributed by atoms with Crippen LogP contribution in [0.3, 0.4) is 0 Å². The highest BCUT2D eigenvalue weighted by molar-refractivity contribution is 7.07. The first kappa shape index (κ1) is 15.5. The molecule has 0 fully saturated rings. The Hall–Kier alpha value is -1.56. The fourth-order valence-corrected chi connectivity index (χ4v) is 2.25. The van der Waals surface area contributed by atoms with Crippen LogP contribution in [0.1, 0.15) is 25.3 Å². The van der Waals surface area contributed by atoms with Crippen molar-refractivity contribution < 1.29 is 14.7 Å². The molecule has 0 aliphatic carbocycles. The van der Waals surface area contributed by atoms with E-state index in [0.29, 0.717) is 25.9 Å². The molecule has 0 aromatic carbocycles. The molecule has 1 rings (SSSR count). The molecule has 0 bridgehead atoms. The minimum absolute atomic E-state index is 0.196. The summed E-state index contributed by atoms with van der Waals surface area (Å²) >= 11 is 1.64. The quantitative estimate of drug-likeness (QED) is 0.640. The summed E-state index contributed by atoms with van der Waals surface area (Å²) in [6.07, 6.45) is 2.07. The van der Waals surface area contributed by atoms with E-state index >= 15 is 0 Å². The van der Waals surface area contributed by atoms with Gasteiger partial charge < -0.3 is 15.7 Å². The Morgan fingerprint density at radius 2 is 2.11 bits per heavy atom. The zero-order valence-electron chi connectivity index (χ0n) is 11.0. The van der Waals surface area contributed by atoms with Crippen LogP contribution in [0.5, 0.6) is 0 Å². The van der Waals surface area contributed by atoms with Crippen LogP contribution in [-0.4, -0.2) is 30.2 Å². The molecule has 5 nitrogen and oxygen atoms in total. The maximum absolute atomic E-state index is 11.4. The van der Waals surface area contributed by atoms with Crippen molar-refractivity contribution in [2.75, 3.05) is 13.1 Å². The topological polar surface area (TPSA) is 78.4 Å². The molecule has 0 saturated heterocycles. The smallest absolute Gasteiger partial charge is 0.314 e. The van der Waals surface area contributed by atoms with Gasteiger partial charge in [-0.2, -0.15) is 11.3 Å². The molecular formula is C13H20N2O3S. The van der Waals surface area contributed by atoms with Crippen LogP contribution in [0.2, 0.25) is 0 Å². The van der Waals surface area contributed by atoms with Gasteiger partial charge in [0.1, 0.15) is 0 Å². The van der Waals surface area contributed by atoms with Gasteiger partial charge in [-0.3, -0.25) is 4.79 Å². The third-order valence-corrected chi connectivity index (χ3v) is 3.53. The molecule has 0 radical (unpaired) electrons. The molecule has 19 heavy (non-hydrogen) atoms. The standard InChI is InChI=1S/C13H20N2O3S/c1-10(12(16)17)3-2-6-14-13(18)15-7-4-11-5-8-19-9-11/h5,8-10H,2-4,6-7H2,1H3,(H,16,17)(H2,14,15,18). The summed E-state index contributed by atoms with van der Waals surface area (Å²) in [7, 11) is 0. The molecule has 1 aromatic heterocycles. The van der Waals surface area contributed by atoms with Crippen molar-refractivity contribution in [2.24, 2.45) is 5.92 Å². The first-order valence-electron chi connectivity index (χ1n) is 6.35. The van der Waals surface area contributed by atoms with Gasteiger partial charge in [-0.15, -0.1) is 0 Å². The molecule has 106 valence electrons. The number of carboxylic acids is 1. The van der Waals surface area contributed by atoms with Crippen LogP contribution in [0, 0.1) is 5.92 Å². The summed E-state index contributed by atoms with van der Waals surface area (Å²) in [4.78, 5) is 22.0. The number of hydrogen-bond acceptors (Lipinski definition) is 3. The van der Waals surface area contributed by atoms with Gasteiger partial charge in [0.05, 0.1) is 5.92 Å². The van der Waals surface area contributed by atoms with Gasteiger partial charge in [-0.05, 0) is 41.7 Å². The molecule has 1 unspecified atom stereocenters. The third kappa shape index (κ3) is 6.81. The molecule has 0 spiro atoms. The lowest BCUT2D eigenvalue weighted by molar-refractivity contribution is -0.141. The van der Waals surface area contributed by atoms with Crippen LogP contribution in [0.4, 0.5) is 4.79 Å². The van der Waals surface area contributed by atoms with E-state index in [4.69, 9.17) is 5.11 Å². The maximum Gasteiger partial charge on any atom is 0.314 e. The maximum atomic E-state index is 11.4. The van der Waals surface area contributed by atoms with Crippen molar-refractivity contribution in [2.45, 2.75) is 26.2 Å². The van der Waals surface area contributed by atoms with E-state index in [-0.39, 0.29) is 11.9 Å². The predicted molar refractivity (Wildman–Crippen MR) is 75.5 cm³/mol. The summed E-state index contributed by atoms with van der Waals surface area (Å²) in [6, 6.07) is 1.84. The van der Waals surface area contributed by atoms with Crippen molar-refractivity contribution in [3.63, 3.8) is 0 Å². The van der Waals surface area contributed by atoms with Gasteiger partial charge in [0.25, 0.3) is 0 Å². The number of rotatable bonds is 8. The van der Waals surface area contributed by atoms with Crippen molar-refractivity contribution in [3.05, 3.63) is 22.4 Å². The zero-order chi connectivity index (χ0) is 14.1. The monoisotopic (exact) mass is 284 g/mol. The van der Waals surface area contributed by atoms with E-state index in [0.717, 1.165) is 6.42 Å². The predicted octanol–water partition coefficient (Wildman–Crippen LogP) is 2.09. The van der Waals surface area contributed by atoms with Crippen LogP contribution in [-0.2, 0) is 11.2 Å². The summed E-state index contributed by atoms with van der Waals surface area (Å²) < 4.78 is 0. The Kier molecular flexibility index (Phi) is 6.95. The van der Waals surface area contributed by atoms with Crippen LogP contribution >= 0.6 is 11.3 Å². The fraction of sp³-hybridized carbons (Fsp3) is 0.538. The van der Waals surface area contributed by atoms with E-state index < -0.39 is 5.97 Å². The first-order valence-corrected chi connectivity index (χ1v) is 7.29. The van der Waals surface area contributed by atoms with E-state index in [1.807, 2.05) is 11.4 Å². The minimum atomic E-state index is -0.791. The number of aliphatic carboxylic acids is 1. The van der Waals surface area contributed by atoms with Gasteiger partial charge >= 0.3 is 12.0 Å². The van der Waals surface area contributed by atoms with Gasteiger partial charge in [0.15, 0.2) is 0 Å². The van der Waals surface area contributed by atoms with E-state index in [1.165, 1.54) is 5.56 Å². The Bertz CT molecular complexity index is 393. The highest BCUT2D eigenvalue weighted by Gasteiger charge is 2.09. The third-order valence-electron chi connectivity index (χ3n) is 2.80. The second kappa shape index (κ2) is 8.53. The highest BCUT2D eigenvalue weighted by atomic mass is 32.1. The van der Waals surface area contributed by atoms with Gasteiger partial charge in [-0.1, -0.05) is 6.92 Å². The number of carboxylic acid groups (broad SMARTS) is 1. The number of amides is 2. The summed E-state index contributed by atoms with van der Waals surface area (Å²) in [5.41, 5.74) is 1.22. The summed E-state index contributed by atoms with van der Waals surface area (Å²) in [5.74, 6) is -1.15. The molecule has 1 heterocycles. The molecule has 0 saturated carbocycles. The lowest BCUT2D eigenvalue weighted by Crippen LogP contribution is -2.37. The molecule has 3 N–H and O–H groups in total. The fourth-order valence-electron chi connectivity index (χ4n) is 1.55. The lowest BCUT2D eigenvalue weighted by atomic mass is 10.1. The van der Waals surface area contributed by atoms with E-state index in [2.05, 4.69) is 16.0 Å². The Morgan fingerprint density at radius 1 is 1.37 bits per heavy atom. The van der Waals surface area contributed by atoms with E-state index in [1.54, 1.807) is 18.3 Å². The normalized spacial score (nSPS) is 11.8. The molecule has 2 amide bonds. The molecule has 1 atom stereocenters. The highest BCUT2D eigenvalue weighted by Crippen LogP contribution is 2.05. The SMILES string of the molecule is CC(CCCNC(=O)NCCc1ccsc1)C(=O)O. The number of carbonyl (C=O) groups is 2. The van der Waals surface area contributed by atoms with Crippen LogP contribution in [0.15, 0.2) is 16.8 Å². The molecule has 0 aliphatic rings. The first-order chi connectivity index (χ1) is 9.09. The van der Waals surface area contributed by atoms with Crippen molar-refractivity contribution in [1.29, 1.82) is 0 Å². The minimum Gasteiger partial charge on any atom is -0.481 e. The second-order valence-electron chi connectivity index (χ2n) is 4.45. The van der Waals surface area contributed by atoms with Crippen LogP contribution in [0.25, 0.3) is 0 Å². The van der Waals surface area contributed by atoms with Crippen molar-refractivity contribution in [1.82, 2.24) is 10.6 Å². The average Bonchev–Trinajstić information content (AvgIpc) is 2.87. The zero-order valence-corrected chi connectivity index (χ0v) is 11.8. The lowest BCUT2D eigenvalue weighted by Gasteiger charge is -2.08. The number of urea groups is 1. The molecule has 0 aliphatic heterocycles. The van der Waals surface area contributed by atoms with Crippen LogP contribution < -0.4 is 10.6 Å². The Balaban J connectivity index is 2.00. The molecule has 1 aromatic rings. The summed E-state index contributed by atoms with van der Waals surface area (Å²) in [5, 5.41) is 18.3. The van der Waals surface area contributed by atoms with Crippen molar-refractivity contribution in [3.8, 4) is 0 Å². The number of carbonyl (C=O) groups excluding carboxylic acids is 1. The Labute approximate surface area is 117 Å².